The monoisotopic (exact) mass is 425 g/mol. The van der Waals surface area contributed by atoms with Gasteiger partial charge in [-0.1, -0.05) is 26.0 Å². The third kappa shape index (κ3) is 3.54. The number of hydrogen-bond acceptors (Lipinski definition) is 6. The number of aromatic nitrogens is 4. The lowest BCUT2D eigenvalue weighted by Gasteiger charge is -2.33. The molecule has 0 fully saturated rings. The van der Waals surface area contributed by atoms with E-state index < -0.39 is 23.8 Å². The number of benzene rings is 1. The normalized spacial score (nSPS) is 15.9. The SMILES string of the molecule is CCOC(=O)Cn1c(=O)c2c(nc3n2CC(C)CN3c2ccc(CC)cc2)n(C)c1=O. The van der Waals surface area contributed by atoms with E-state index in [-0.39, 0.29) is 12.5 Å². The fourth-order valence-corrected chi connectivity index (χ4v) is 4.11. The molecule has 9 nitrogen and oxygen atoms in total. The average Bonchev–Trinajstić information content (AvgIpc) is 3.14. The number of imidazole rings is 1. The maximum Gasteiger partial charge on any atom is 0.333 e. The van der Waals surface area contributed by atoms with Gasteiger partial charge in [-0.2, -0.15) is 4.98 Å². The molecular weight excluding hydrogens is 398 g/mol. The second-order valence-corrected chi connectivity index (χ2v) is 7.97. The number of esters is 1. The minimum Gasteiger partial charge on any atom is -0.465 e. The number of ether oxygens (including phenoxy) is 1. The zero-order chi connectivity index (χ0) is 22.3. The van der Waals surface area contributed by atoms with Crippen molar-refractivity contribution in [2.75, 3.05) is 18.1 Å². The first-order valence-corrected chi connectivity index (χ1v) is 10.6. The molecule has 2 aromatic heterocycles. The Balaban J connectivity index is 1.90. The number of anilines is 2. The largest absolute Gasteiger partial charge is 0.465 e. The van der Waals surface area contributed by atoms with Gasteiger partial charge in [-0.05, 0) is 37.0 Å². The van der Waals surface area contributed by atoms with Crippen LogP contribution in [-0.2, 0) is 36.1 Å². The summed E-state index contributed by atoms with van der Waals surface area (Å²) in [5, 5.41) is 0. The Hall–Kier alpha value is -3.36. The average molecular weight is 425 g/mol. The van der Waals surface area contributed by atoms with Crippen LogP contribution < -0.4 is 16.1 Å². The molecule has 1 aromatic carbocycles. The highest BCUT2D eigenvalue weighted by Crippen LogP contribution is 2.32. The molecular formula is C22H27N5O4. The number of fused-ring (bicyclic) bond motifs is 3. The summed E-state index contributed by atoms with van der Waals surface area (Å²) in [4.78, 5) is 44.8. The van der Waals surface area contributed by atoms with Crippen molar-refractivity contribution in [3.63, 3.8) is 0 Å². The van der Waals surface area contributed by atoms with Crippen LogP contribution >= 0.6 is 0 Å². The Bertz CT molecular complexity index is 1250. The highest BCUT2D eigenvalue weighted by molar-refractivity contribution is 5.77. The molecule has 0 bridgehead atoms. The number of aryl methyl sites for hydroxylation is 2. The van der Waals surface area contributed by atoms with Gasteiger partial charge >= 0.3 is 11.7 Å². The summed E-state index contributed by atoms with van der Waals surface area (Å²) in [6.45, 7) is 7.01. The maximum absolute atomic E-state index is 13.3. The molecule has 1 aliphatic rings. The second kappa shape index (κ2) is 8.05. The smallest absolute Gasteiger partial charge is 0.333 e. The van der Waals surface area contributed by atoms with E-state index in [9.17, 15) is 14.4 Å². The van der Waals surface area contributed by atoms with E-state index in [1.54, 1.807) is 14.0 Å². The number of carbonyl (C=O) groups is 1. The summed E-state index contributed by atoms with van der Waals surface area (Å²) in [5.74, 6) is 0.259. The van der Waals surface area contributed by atoms with Gasteiger partial charge in [-0.25, -0.2) is 9.36 Å². The zero-order valence-corrected chi connectivity index (χ0v) is 18.3. The Morgan fingerprint density at radius 2 is 1.87 bits per heavy atom. The Morgan fingerprint density at radius 3 is 2.52 bits per heavy atom. The molecule has 1 unspecified atom stereocenters. The molecule has 31 heavy (non-hydrogen) atoms. The first-order valence-electron chi connectivity index (χ1n) is 10.6. The van der Waals surface area contributed by atoms with Crippen LogP contribution in [0.5, 0.6) is 0 Å². The van der Waals surface area contributed by atoms with Gasteiger partial charge in [0.1, 0.15) is 6.54 Å². The molecule has 0 radical (unpaired) electrons. The molecule has 0 aliphatic carbocycles. The summed E-state index contributed by atoms with van der Waals surface area (Å²) < 4.78 is 9.05. The van der Waals surface area contributed by atoms with Crippen LogP contribution in [0.1, 0.15) is 26.3 Å². The lowest BCUT2D eigenvalue weighted by atomic mass is 10.1. The summed E-state index contributed by atoms with van der Waals surface area (Å²) in [6.07, 6.45) is 0.956. The molecule has 0 saturated heterocycles. The van der Waals surface area contributed by atoms with Crippen molar-refractivity contribution in [2.45, 2.75) is 40.3 Å². The van der Waals surface area contributed by atoms with Gasteiger partial charge < -0.3 is 14.2 Å². The van der Waals surface area contributed by atoms with Crippen LogP contribution in [0.3, 0.4) is 0 Å². The van der Waals surface area contributed by atoms with E-state index in [4.69, 9.17) is 4.74 Å². The number of nitrogens with zero attached hydrogens (tertiary/aromatic N) is 5. The van der Waals surface area contributed by atoms with Crippen LogP contribution in [0.25, 0.3) is 11.2 Å². The van der Waals surface area contributed by atoms with E-state index in [1.807, 2.05) is 4.57 Å². The molecule has 1 aliphatic heterocycles. The van der Waals surface area contributed by atoms with Crippen molar-refractivity contribution < 1.29 is 9.53 Å². The highest BCUT2D eigenvalue weighted by atomic mass is 16.5. The van der Waals surface area contributed by atoms with Gasteiger partial charge in [0.15, 0.2) is 11.2 Å². The Kier molecular flexibility index (Phi) is 5.43. The van der Waals surface area contributed by atoms with Crippen molar-refractivity contribution in [3.8, 4) is 0 Å². The predicted molar refractivity (Wildman–Crippen MR) is 118 cm³/mol. The third-order valence-corrected chi connectivity index (χ3v) is 5.69. The van der Waals surface area contributed by atoms with Crippen molar-refractivity contribution in [1.29, 1.82) is 0 Å². The second-order valence-electron chi connectivity index (χ2n) is 7.97. The fourth-order valence-electron chi connectivity index (χ4n) is 4.11. The van der Waals surface area contributed by atoms with Crippen LogP contribution in [-0.4, -0.2) is 37.8 Å². The van der Waals surface area contributed by atoms with Gasteiger partial charge in [-0.3, -0.25) is 14.2 Å². The van der Waals surface area contributed by atoms with Gasteiger partial charge in [0.25, 0.3) is 5.56 Å². The number of rotatable bonds is 5. The van der Waals surface area contributed by atoms with E-state index in [2.05, 4.69) is 48.0 Å². The Morgan fingerprint density at radius 1 is 1.16 bits per heavy atom. The van der Waals surface area contributed by atoms with Crippen LogP contribution in [0.2, 0.25) is 0 Å². The first kappa shape index (κ1) is 20.9. The van der Waals surface area contributed by atoms with E-state index >= 15 is 0 Å². The topological polar surface area (TPSA) is 91.4 Å². The van der Waals surface area contributed by atoms with E-state index in [0.29, 0.717) is 23.7 Å². The predicted octanol–water partition coefficient (Wildman–Crippen LogP) is 1.81. The first-order chi connectivity index (χ1) is 14.8. The Labute approximate surface area is 179 Å². The quantitative estimate of drug-likeness (QED) is 0.579. The van der Waals surface area contributed by atoms with Crippen LogP contribution in [0, 0.1) is 5.92 Å². The molecule has 0 amide bonds. The summed E-state index contributed by atoms with van der Waals surface area (Å²) >= 11 is 0. The van der Waals surface area contributed by atoms with E-state index in [1.165, 1.54) is 10.1 Å². The third-order valence-electron chi connectivity index (χ3n) is 5.69. The minimum absolute atomic E-state index is 0.182. The van der Waals surface area contributed by atoms with Crippen molar-refractivity contribution in [3.05, 3.63) is 50.7 Å². The van der Waals surface area contributed by atoms with E-state index in [0.717, 1.165) is 23.2 Å². The summed E-state index contributed by atoms with van der Waals surface area (Å²) in [5.41, 5.74) is 1.74. The lowest BCUT2D eigenvalue weighted by molar-refractivity contribution is -0.143. The van der Waals surface area contributed by atoms with Crippen molar-refractivity contribution in [2.24, 2.45) is 13.0 Å². The minimum atomic E-state index is -0.620. The molecule has 3 heterocycles. The van der Waals surface area contributed by atoms with Gasteiger partial charge in [0, 0.05) is 25.8 Å². The molecule has 3 aromatic rings. The van der Waals surface area contributed by atoms with Crippen molar-refractivity contribution in [1.82, 2.24) is 18.7 Å². The zero-order valence-electron chi connectivity index (χ0n) is 18.3. The summed E-state index contributed by atoms with van der Waals surface area (Å²) in [6, 6.07) is 8.28. The highest BCUT2D eigenvalue weighted by Gasteiger charge is 2.30. The molecule has 164 valence electrons. The molecule has 9 heteroatoms. The van der Waals surface area contributed by atoms with Gasteiger partial charge in [0.05, 0.1) is 6.61 Å². The van der Waals surface area contributed by atoms with Crippen LogP contribution in [0.4, 0.5) is 11.6 Å². The molecule has 1 atom stereocenters. The van der Waals surface area contributed by atoms with Crippen molar-refractivity contribution >= 4 is 28.8 Å². The number of hydrogen-bond donors (Lipinski definition) is 0. The molecule has 4 rings (SSSR count). The molecule has 0 N–H and O–H groups in total. The molecule has 0 saturated carbocycles. The molecule has 0 spiro atoms. The summed E-state index contributed by atoms with van der Waals surface area (Å²) in [7, 11) is 1.56. The van der Waals surface area contributed by atoms with Gasteiger partial charge in [-0.15, -0.1) is 0 Å². The fraction of sp³-hybridized carbons (Fsp3) is 0.455. The lowest BCUT2D eigenvalue weighted by Crippen LogP contribution is -2.42. The number of carbonyl (C=O) groups excluding carboxylic acids is 1. The maximum atomic E-state index is 13.3. The van der Waals surface area contributed by atoms with Crippen LogP contribution in [0.15, 0.2) is 33.9 Å². The standard InChI is InChI=1S/C22H27N5O4/c1-5-15-7-9-16(10-8-15)25-11-14(3)12-26-18-19(23-21(25)26)24(4)22(30)27(20(18)29)13-17(28)31-6-2/h7-10,14H,5-6,11-13H2,1-4H3. The van der Waals surface area contributed by atoms with Gasteiger partial charge in [0.2, 0.25) is 5.95 Å².